The van der Waals surface area contributed by atoms with Crippen LogP contribution in [0, 0.1) is 0 Å². The number of carbonyl (C=O) groups is 3. The van der Waals surface area contributed by atoms with E-state index in [1.54, 1.807) is 0 Å². The summed E-state index contributed by atoms with van der Waals surface area (Å²) in [7, 11) is 0. The van der Waals surface area contributed by atoms with Gasteiger partial charge < -0.3 is 21.3 Å². The summed E-state index contributed by atoms with van der Waals surface area (Å²) in [5, 5.41) is 20.1. The molecule has 5 N–H and O–H groups in total. The topological polar surface area (TPSA) is 133 Å². The summed E-state index contributed by atoms with van der Waals surface area (Å²) in [6, 6.07) is 0. The Kier molecular flexibility index (Phi) is 3.33. The van der Waals surface area contributed by atoms with Crippen molar-refractivity contribution in [3.8, 4) is 0 Å². The molecule has 1 rings (SSSR count). The lowest BCUT2D eigenvalue weighted by atomic mass is 9.95. The van der Waals surface area contributed by atoms with Crippen LogP contribution in [0.25, 0.3) is 0 Å². The Morgan fingerprint density at radius 2 is 2.00 bits per heavy atom. The van der Waals surface area contributed by atoms with Gasteiger partial charge in [-0.05, 0) is 12.8 Å². The minimum Gasteiger partial charge on any atom is -0.479 e. The first-order valence-electron chi connectivity index (χ1n) is 4.69. The molecule has 1 heterocycles. The molecule has 1 saturated heterocycles. The zero-order chi connectivity index (χ0) is 12.3. The highest BCUT2D eigenvalue weighted by molar-refractivity contribution is 6.09. The summed E-state index contributed by atoms with van der Waals surface area (Å²) in [6.45, 7) is -0.207. The van der Waals surface area contributed by atoms with Crippen molar-refractivity contribution in [3.05, 3.63) is 0 Å². The number of carboxylic acids is 1. The summed E-state index contributed by atoms with van der Waals surface area (Å²) in [6.07, 6.45) is -1.14. The summed E-state index contributed by atoms with van der Waals surface area (Å²) >= 11 is 0. The maximum atomic E-state index is 11.6. The molecule has 0 spiro atoms. The highest BCUT2D eigenvalue weighted by Gasteiger charge is 2.56. The SMILES string of the molecule is NCNC(=O)C1(C(=O)O)CCCN1C(=O)O. The maximum absolute atomic E-state index is 11.6. The molecule has 16 heavy (non-hydrogen) atoms. The van der Waals surface area contributed by atoms with Gasteiger partial charge in [0.25, 0.3) is 5.91 Å². The lowest BCUT2D eigenvalue weighted by Crippen LogP contribution is -2.62. The number of aliphatic carboxylic acids is 1. The molecule has 0 aromatic carbocycles. The molecule has 0 aliphatic carbocycles. The normalized spacial score (nSPS) is 24.2. The predicted octanol–water partition coefficient (Wildman–Crippen LogP) is -1.38. The standard InChI is InChI=1S/C8H13N3O5/c9-4-10-5(12)8(6(13)14)2-1-3-11(8)7(15)16/h1-4,9H2,(H,10,12)(H,13,14)(H,15,16). The van der Waals surface area contributed by atoms with Gasteiger partial charge in [0.05, 0.1) is 6.67 Å². The second kappa shape index (κ2) is 4.35. The Bertz CT molecular complexity index is 332. The van der Waals surface area contributed by atoms with Gasteiger partial charge in [-0.15, -0.1) is 0 Å². The van der Waals surface area contributed by atoms with E-state index >= 15 is 0 Å². The van der Waals surface area contributed by atoms with Gasteiger partial charge in [0.2, 0.25) is 5.54 Å². The van der Waals surface area contributed by atoms with E-state index in [9.17, 15) is 14.4 Å². The fourth-order valence-electron chi connectivity index (χ4n) is 1.87. The number of nitrogens with one attached hydrogen (secondary N) is 1. The Hall–Kier alpha value is -1.83. The van der Waals surface area contributed by atoms with Crippen molar-refractivity contribution >= 4 is 18.0 Å². The fourth-order valence-corrected chi connectivity index (χ4v) is 1.87. The van der Waals surface area contributed by atoms with Crippen LogP contribution in [-0.4, -0.2) is 51.8 Å². The third-order valence-corrected chi connectivity index (χ3v) is 2.60. The van der Waals surface area contributed by atoms with Gasteiger partial charge in [-0.25, -0.2) is 9.59 Å². The molecule has 0 bridgehead atoms. The molecule has 1 unspecified atom stereocenters. The minimum atomic E-state index is -2.04. The summed E-state index contributed by atoms with van der Waals surface area (Å²) in [5.74, 6) is -2.36. The van der Waals surface area contributed by atoms with E-state index in [-0.39, 0.29) is 19.6 Å². The van der Waals surface area contributed by atoms with Crippen LogP contribution in [0.1, 0.15) is 12.8 Å². The molecule has 1 atom stereocenters. The smallest absolute Gasteiger partial charge is 0.408 e. The first-order chi connectivity index (χ1) is 7.46. The van der Waals surface area contributed by atoms with E-state index < -0.39 is 23.5 Å². The third kappa shape index (κ3) is 1.67. The first-order valence-corrected chi connectivity index (χ1v) is 4.69. The van der Waals surface area contributed by atoms with Crippen LogP contribution >= 0.6 is 0 Å². The lowest BCUT2D eigenvalue weighted by molar-refractivity contribution is -0.155. The summed E-state index contributed by atoms with van der Waals surface area (Å²) in [5.41, 5.74) is 3.05. The number of amides is 2. The monoisotopic (exact) mass is 231 g/mol. The van der Waals surface area contributed by atoms with Crippen LogP contribution in [0.2, 0.25) is 0 Å². The van der Waals surface area contributed by atoms with Crippen molar-refractivity contribution in [2.24, 2.45) is 5.73 Å². The highest BCUT2D eigenvalue weighted by atomic mass is 16.4. The van der Waals surface area contributed by atoms with Crippen LogP contribution in [0.5, 0.6) is 0 Å². The number of carboxylic acid groups (broad SMARTS) is 2. The molecule has 0 radical (unpaired) electrons. The Balaban J connectivity index is 3.09. The summed E-state index contributed by atoms with van der Waals surface area (Å²) in [4.78, 5) is 34.3. The van der Waals surface area contributed by atoms with Crippen molar-refractivity contribution in [1.82, 2.24) is 10.2 Å². The molecule has 0 saturated carbocycles. The Labute approximate surface area is 91.0 Å². The molecular weight excluding hydrogens is 218 g/mol. The Morgan fingerprint density at radius 1 is 1.38 bits per heavy atom. The van der Waals surface area contributed by atoms with Crippen LogP contribution in [0.3, 0.4) is 0 Å². The molecule has 0 aromatic heterocycles. The number of hydrogen-bond donors (Lipinski definition) is 4. The molecule has 90 valence electrons. The predicted molar refractivity (Wildman–Crippen MR) is 51.5 cm³/mol. The minimum absolute atomic E-state index is 0.0274. The number of nitrogens with two attached hydrogens (primary N) is 1. The lowest BCUT2D eigenvalue weighted by Gasteiger charge is -2.30. The number of nitrogens with zero attached hydrogens (tertiary/aromatic N) is 1. The summed E-state index contributed by atoms with van der Waals surface area (Å²) < 4.78 is 0. The van der Waals surface area contributed by atoms with Crippen LogP contribution in [0.4, 0.5) is 4.79 Å². The molecular formula is C8H13N3O5. The second-order valence-electron chi connectivity index (χ2n) is 3.41. The van der Waals surface area contributed by atoms with Crippen LogP contribution in [0.15, 0.2) is 0 Å². The van der Waals surface area contributed by atoms with E-state index in [1.807, 2.05) is 0 Å². The number of likely N-dealkylation sites (tertiary alicyclic amines) is 1. The average molecular weight is 231 g/mol. The first kappa shape index (κ1) is 12.2. The molecule has 0 aromatic rings. The average Bonchev–Trinajstić information content (AvgIpc) is 2.62. The van der Waals surface area contributed by atoms with Crippen LogP contribution in [-0.2, 0) is 9.59 Å². The third-order valence-electron chi connectivity index (χ3n) is 2.60. The number of carbonyl (C=O) groups excluding carboxylic acids is 1. The fraction of sp³-hybridized carbons (Fsp3) is 0.625. The van der Waals surface area contributed by atoms with Gasteiger partial charge >= 0.3 is 12.1 Å². The van der Waals surface area contributed by atoms with E-state index in [4.69, 9.17) is 15.9 Å². The van der Waals surface area contributed by atoms with E-state index in [0.717, 1.165) is 0 Å². The maximum Gasteiger partial charge on any atom is 0.408 e. The zero-order valence-corrected chi connectivity index (χ0v) is 8.47. The van der Waals surface area contributed by atoms with Gasteiger partial charge in [0, 0.05) is 6.54 Å². The van der Waals surface area contributed by atoms with Crippen molar-refractivity contribution in [2.45, 2.75) is 18.4 Å². The molecule has 8 heteroatoms. The Morgan fingerprint density at radius 3 is 2.44 bits per heavy atom. The highest BCUT2D eigenvalue weighted by Crippen LogP contribution is 2.30. The second-order valence-corrected chi connectivity index (χ2v) is 3.41. The van der Waals surface area contributed by atoms with Gasteiger partial charge in [-0.1, -0.05) is 0 Å². The van der Waals surface area contributed by atoms with Crippen molar-refractivity contribution < 1.29 is 24.6 Å². The van der Waals surface area contributed by atoms with E-state index in [0.29, 0.717) is 11.3 Å². The molecule has 1 fully saturated rings. The zero-order valence-electron chi connectivity index (χ0n) is 8.47. The molecule has 8 nitrogen and oxygen atoms in total. The van der Waals surface area contributed by atoms with Crippen molar-refractivity contribution in [2.75, 3.05) is 13.2 Å². The van der Waals surface area contributed by atoms with Gasteiger partial charge in [-0.2, -0.15) is 0 Å². The van der Waals surface area contributed by atoms with Crippen LogP contribution < -0.4 is 11.1 Å². The molecule has 1 aliphatic heterocycles. The largest absolute Gasteiger partial charge is 0.479 e. The molecule has 2 amide bonds. The number of rotatable bonds is 3. The van der Waals surface area contributed by atoms with Gasteiger partial charge in [0.1, 0.15) is 0 Å². The van der Waals surface area contributed by atoms with Crippen molar-refractivity contribution in [1.29, 1.82) is 0 Å². The quantitative estimate of drug-likeness (QED) is 0.349. The van der Waals surface area contributed by atoms with Gasteiger partial charge in [-0.3, -0.25) is 9.69 Å². The molecule has 1 aliphatic rings. The van der Waals surface area contributed by atoms with E-state index in [2.05, 4.69) is 5.32 Å². The van der Waals surface area contributed by atoms with Crippen molar-refractivity contribution in [3.63, 3.8) is 0 Å². The van der Waals surface area contributed by atoms with Gasteiger partial charge in [0.15, 0.2) is 0 Å². The number of hydrogen-bond acceptors (Lipinski definition) is 4. The van der Waals surface area contributed by atoms with E-state index in [1.165, 1.54) is 0 Å².